The van der Waals surface area contributed by atoms with Gasteiger partial charge in [-0.25, -0.2) is 18.9 Å². The maximum Gasteiger partial charge on any atom is 0.155 e. The highest BCUT2D eigenvalue weighted by Gasteiger charge is 2.23. The molecule has 0 unspecified atom stereocenters. The predicted molar refractivity (Wildman–Crippen MR) is 109 cm³/mol. The smallest absolute Gasteiger partial charge is 0.155 e. The number of fused-ring (bicyclic) bond motifs is 1. The maximum atomic E-state index is 13.1. The Bertz CT molecular complexity index is 1120. The molecule has 5 rings (SSSR count). The molecule has 0 spiro atoms. The summed E-state index contributed by atoms with van der Waals surface area (Å²) in [5.41, 5.74) is 4.94. The van der Waals surface area contributed by atoms with Crippen molar-refractivity contribution < 1.29 is 4.39 Å². The topological polar surface area (TPSA) is 62.1 Å². The SMILES string of the molecule is Cc1cc2ncc(CN3CCC(c4ncc(-c5ccc(F)cc5)[nH]4)CC3)cn2n1. The molecule has 0 amide bonds. The number of benzene rings is 1. The summed E-state index contributed by atoms with van der Waals surface area (Å²) in [6.45, 7) is 4.91. The first-order valence-electron chi connectivity index (χ1n) is 9.98. The fraction of sp³-hybridized carbons (Fsp3) is 0.318. The van der Waals surface area contributed by atoms with E-state index in [4.69, 9.17) is 0 Å². The highest BCUT2D eigenvalue weighted by atomic mass is 19.1. The zero-order valence-electron chi connectivity index (χ0n) is 16.3. The fourth-order valence-corrected chi connectivity index (χ4v) is 4.06. The molecule has 4 aromatic rings. The van der Waals surface area contributed by atoms with Gasteiger partial charge in [0.25, 0.3) is 0 Å². The standard InChI is InChI=1S/C22H23FN6/c1-15-10-21-24-11-16(14-29(21)27-15)13-28-8-6-18(7-9-28)22-25-12-20(26-22)17-2-4-19(23)5-3-17/h2-5,10-12,14,18H,6-9,13H2,1H3,(H,25,26). The van der Waals surface area contributed by atoms with Crippen LogP contribution in [0.5, 0.6) is 0 Å². The second kappa shape index (κ2) is 7.40. The van der Waals surface area contributed by atoms with Crippen molar-refractivity contribution in [2.24, 2.45) is 0 Å². The van der Waals surface area contributed by atoms with Gasteiger partial charge >= 0.3 is 0 Å². The number of hydrogen-bond acceptors (Lipinski definition) is 4. The van der Waals surface area contributed by atoms with E-state index >= 15 is 0 Å². The van der Waals surface area contributed by atoms with E-state index in [9.17, 15) is 4.39 Å². The van der Waals surface area contributed by atoms with E-state index in [0.29, 0.717) is 5.92 Å². The van der Waals surface area contributed by atoms with Gasteiger partial charge in [-0.05, 0) is 62.7 Å². The van der Waals surface area contributed by atoms with Crippen LogP contribution in [-0.2, 0) is 6.54 Å². The van der Waals surface area contributed by atoms with Gasteiger partial charge in [0.15, 0.2) is 5.65 Å². The Morgan fingerprint density at radius 3 is 2.69 bits per heavy atom. The molecule has 0 aliphatic carbocycles. The van der Waals surface area contributed by atoms with Crippen LogP contribution in [0.2, 0.25) is 0 Å². The molecule has 1 aliphatic rings. The van der Waals surface area contributed by atoms with E-state index in [2.05, 4.69) is 31.1 Å². The summed E-state index contributed by atoms with van der Waals surface area (Å²) >= 11 is 0. The van der Waals surface area contributed by atoms with Gasteiger partial charge in [-0.3, -0.25) is 4.90 Å². The summed E-state index contributed by atoms with van der Waals surface area (Å²) in [5.74, 6) is 1.23. The zero-order valence-corrected chi connectivity index (χ0v) is 16.3. The molecule has 4 heterocycles. The molecular weight excluding hydrogens is 367 g/mol. The average Bonchev–Trinajstić information content (AvgIpc) is 3.35. The van der Waals surface area contributed by atoms with Crippen LogP contribution in [0.15, 0.2) is 48.9 Å². The largest absolute Gasteiger partial charge is 0.342 e. The third kappa shape index (κ3) is 3.78. The number of nitrogens with one attached hydrogen (secondary N) is 1. The molecule has 0 atom stereocenters. The number of likely N-dealkylation sites (tertiary alicyclic amines) is 1. The van der Waals surface area contributed by atoms with Crippen molar-refractivity contribution >= 4 is 5.65 Å². The Balaban J connectivity index is 1.21. The van der Waals surface area contributed by atoms with E-state index in [0.717, 1.165) is 60.9 Å². The lowest BCUT2D eigenvalue weighted by molar-refractivity contribution is 0.201. The number of imidazole rings is 1. The molecule has 1 aliphatic heterocycles. The first-order chi connectivity index (χ1) is 14.1. The van der Waals surface area contributed by atoms with Crippen LogP contribution in [0.3, 0.4) is 0 Å². The Labute approximate surface area is 168 Å². The minimum Gasteiger partial charge on any atom is -0.342 e. The summed E-state index contributed by atoms with van der Waals surface area (Å²) in [6.07, 6.45) is 7.99. The lowest BCUT2D eigenvalue weighted by atomic mass is 9.96. The Hall–Kier alpha value is -3.06. The number of aryl methyl sites for hydroxylation is 1. The van der Waals surface area contributed by atoms with Gasteiger partial charge in [-0.2, -0.15) is 5.10 Å². The van der Waals surface area contributed by atoms with Crippen molar-refractivity contribution in [2.75, 3.05) is 13.1 Å². The molecule has 3 aromatic heterocycles. The lowest BCUT2D eigenvalue weighted by Crippen LogP contribution is -2.32. The van der Waals surface area contributed by atoms with Gasteiger partial charge in [0.05, 0.1) is 17.6 Å². The van der Waals surface area contributed by atoms with Gasteiger partial charge in [0, 0.05) is 36.5 Å². The number of nitrogens with zero attached hydrogens (tertiary/aromatic N) is 5. The zero-order chi connectivity index (χ0) is 19.8. The number of aromatic amines is 1. The summed E-state index contributed by atoms with van der Waals surface area (Å²) < 4.78 is 15.0. The van der Waals surface area contributed by atoms with Crippen LogP contribution >= 0.6 is 0 Å². The van der Waals surface area contributed by atoms with Gasteiger partial charge in [0.2, 0.25) is 0 Å². The van der Waals surface area contributed by atoms with E-state index in [1.54, 1.807) is 12.1 Å². The van der Waals surface area contributed by atoms with E-state index in [-0.39, 0.29) is 5.82 Å². The van der Waals surface area contributed by atoms with Crippen LogP contribution in [0.25, 0.3) is 16.9 Å². The van der Waals surface area contributed by atoms with Crippen molar-refractivity contribution in [3.05, 3.63) is 71.8 Å². The van der Waals surface area contributed by atoms with E-state index in [1.807, 2.05) is 29.9 Å². The van der Waals surface area contributed by atoms with E-state index < -0.39 is 0 Å². The average molecular weight is 390 g/mol. The Kier molecular flexibility index (Phi) is 4.60. The number of rotatable bonds is 4. The number of aromatic nitrogens is 5. The maximum absolute atomic E-state index is 13.1. The van der Waals surface area contributed by atoms with Crippen LogP contribution in [0.4, 0.5) is 4.39 Å². The van der Waals surface area contributed by atoms with Gasteiger partial charge in [0.1, 0.15) is 11.6 Å². The van der Waals surface area contributed by atoms with Crippen molar-refractivity contribution in [1.82, 2.24) is 29.5 Å². The molecule has 1 fully saturated rings. The Morgan fingerprint density at radius 2 is 1.90 bits per heavy atom. The van der Waals surface area contributed by atoms with Gasteiger partial charge in [-0.15, -0.1) is 0 Å². The molecule has 0 saturated carbocycles. The molecule has 0 radical (unpaired) electrons. The number of H-pyrrole nitrogens is 1. The third-order valence-electron chi connectivity index (χ3n) is 5.62. The van der Waals surface area contributed by atoms with E-state index in [1.165, 1.54) is 17.7 Å². The third-order valence-corrected chi connectivity index (χ3v) is 5.62. The molecule has 6 nitrogen and oxygen atoms in total. The lowest BCUT2D eigenvalue weighted by Gasteiger charge is -2.31. The summed E-state index contributed by atoms with van der Waals surface area (Å²) in [5, 5.41) is 4.45. The fourth-order valence-electron chi connectivity index (χ4n) is 4.06. The molecule has 0 bridgehead atoms. The first kappa shape index (κ1) is 18.0. The van der Waals surface area contributed by atoms with Crippen LogP contribution in [0.1, 0.15) is 35.8 Å². The molecule has 1 aromatic carbocycles. The minimum absolute atomic E-state index is 0.224. The van der Waals surface area contributed by atoms with Crippen LogP contribution in [-0.4, -0.2) is 42.6 Å². The monoisotopic (exact) mass is 390 g/mol. The van der Waals surface area contributed by atoms with Crippen LogP contribution in [0, 0.1) is 12.7 Å². The van der Waals surface area contributed by atoms with Crippen molar-refractivity contribution in [3.8, 4) is 11.3 Å². The molecule has 1 saturated heterocycles. The molecule has 29 heavy (non-hydrogen) atoms. The number of hydrogen-bond donors (Lipinski definition) is 1. The van der Waals surface area contributed by atoms with Crippen molar-refractivity contribution in [2.45, 2.75) is 32.2 Å². The second-order valence-corrected chi connectivity index (χ2v) is 7.79. The highest BCUT2D eigenvalue weighted by Crippen LogP contribution is 2.28. The molecular formula is C22H23FN6. The second-order valence-electron chi connectivity index (χ2n) is 7.79. The normalized spacial score (nSPS) is 15.9. The first-order valence-corrected chi connectivity index (χ1v) is 9.98. The van der Waals surface area contributed by atoms with Crippen molar-refractivity contribution in [1.29, 1.82) is 0 Å². The summed E-state index contributed by atoms with van der Waals surface area (Å²) in [4.78, 5) is 15.0. The number of halogens is 1. The highest BCUT2D eigenvalue weighted by molar-refractivity contribution is 5.58. The van der Waals surface area contributed by atoms with Gasteiger partial charge < -0.3 is 4.98 Å². The summed E-state index contributed by atoms with van der Waals surface area (Å²) in [6, 6.07) is 8.50. The number of piperidine rings is 1. The van der Waals surface area contributed by atoms with Crippen molar-refractivity contribution in [3.63, 3.8) is 0 Å². The predicted octanol–water partition coefficient (Wildman–Crippen LogP) is 3.95. The Morgan fingerprint density at radius 1 is 1.10 bits per heavy atom. The quantitative estimate of drug-likeness (QED) is 0.573. The molecule has 7 heteroatoms. The molecule has 1 N–H and O–H groups in total. The summed E-state index contributed by atoms with van der Waals surface area (Å²) in [7, 11) is 0. The minimum atomic E-state index is -0.224. The van der Waals surface area contributed by atoms with Crippen LogP contribution < -0.4 is 0 Å². The molecule has 148 valence electrons. The van der Waals surface area contributed by atoms with Gasteiger partial charge in [-0.1, -0.05) is 0 Å².